The Hall–Kier alpha value is -2.86. The summed E-state index contributed by atoms with van der Waals surface area (Å²) in [4.78, 5) is 23.4. The summed E-state index contributed by atoms with van der Waals surface area (Å²) in [5.41, 5.74) is 3.25. The zero-order valence-corrected chi connectivity index (χ0v) is 13.0. The van der Waals surface area contributed by atoms with Gasteiger partial charge < -0.3 is 10.1 Å². The van der Waals surface area contributed by atoms with Crippen LogP contribution in [-0.2, 0) is 9.59 Å². The van der Waals surface area contributed by atoms with Crippen LogP contribution in [0.4, 0.5) is 5.69 Å². The number of nitrogens with zero attached hydrogens (tertiary/aromatic N) is 1. The van der Waals surface area contributed by atoms with Crippen LogP contribution in [0.3, 0.4) is 0 Å². The maximum atomic E-state index is 11.7. The number of nitrogens with one attached hydrogen (secondary N) is 2. The van der Waals surface area contributed by atoms with E-state index in [-0.39, 0.29) is 0 Å². The molecule has 2 amide bonds. The maximum Gasteiger partial charge on any atom is 0.329 e. The van der Waals surface area contributed by atoms with Crippen LogP contribution in [0.25, 0.3) is 0 Å². The molecule has 23 heavy (non-hydrogen) atoms. The number of ether oxygens (including phenoxy) is 1. The number of halogens is 1. The first-order valence-electron chi connectivity index (χ1n) is 6.63. The molecule has 0 fully saturated rings. The normalized spacial score (nSPS) is 10.3. The molecule has 2 N–H and O–H groups in total. The first kappa shape index (κ1) is 16.5. The molecule has 0 aromatic heterocycles. The summed E-state index contributed by atoms with van der Waals surface area (Å²) in [6.45, 7) is 0. The zero-order valence-electron chi connectivity index (χ0n) is 12.2. The van der Waals surface area contributed by atoms with E-state index in [0.717, 1.165) is 5.56 Å². The number of hydrazone groups is 1. The van der Waals surface area contributed by atoms with Crippen molar-refractivity contribution in [3.8, 4) is 5.75 Å². The predicted octanol–water partition coefficient (Wildman–Crippen LogP) is 2.44. The average Bonchev–Trinajstić information content (AvgIpc) is 2.57. The minimum Gasteiger partial charge on any atom is -0.497 e. The molecule has 0 heterocycles. The third-order valence-corrected chi connectivity index (χ3v) is 3.15. The molecule has 2 aromatic rings. The van der Waals surface area contributed by atoms with E-state index in [0.29, 0.717) is 16.5 Å². The lowest BCUT2D eigenvalue weighted by Gasteiger charge is -2.05. The van der Waals surface area contributed by atoms with Gasteiger partial charge in [-0.3, -0.25) is 9.59 Å². The van der Waals surface area contributed by atoms with Gasteiger partial charge in [0.05, 0.1) is 24.0 Å². The number of rotatable bonds is 4. The molecule has 7 heteroatoms. The standard InChI is InChI=1S/C16H14ClN3O3/c1-23-12-8-6-11(7-9-12)10-18-20-16(22)15(21)19-14-5-3-2-4-13(14)17/h2-10H,1H3,(H,19,21)(H,20,22)/b18-10-. The second-order valence-corrected chi connectivity index (χ2v) is 4.81. The van der Waals surface area contributed by atoms with Gasteiger partial charge in [-0.05, 0) is 42.0 Å². The van der Waals surface area contributed by atoms with Gasteiger partial charge in [0.2, 0.25) is 0 Å². The molecule has 0 radical (unpaired) electrons. The van der Waals surface area contributed by atoms with Crippen LogP contribution in [0, 0.1) is 0 Å². The number of benzene rings is 2. The molecule has 0 bridgehead atoms. The molecule has 2 aromatic carbocycles. The first-order valence-corrected chi connectivity index (χ1v) is 7.01. The van der Waals surface area contributed by atoms with E-state index in [1.807, 2.05) is 0 Å². The van der Waals surface area contributed by atoms with Gasteiger partial charge >= 0.3 is 11.8 Å². The Morgan fingerprint density at radius 1 is 1.09 bits per heavy atom. The summed E-state index contributed by atoms with van der Waals surface area (Å²) in [7, 11) is 1.57. The van der Waals surface area contributed by atoms with Gasteiger partial charge in [-0.1, -0.05) is 23.7 Å². The SMILES string of the molecule is COc1ccc(/C=N\NC(=O)C(=O)Nc2ccccc2Cl)cc1. The van der Waals surface area contributed by atoms with Gasteiger partial charge in [0.25, 0.3) is 0 Å². The van der Waals surface area contributed by atoms with Crippen molar-refractivity contribution >= 4 is 35.3 Å². The minimum atomic E-state index is -0.894. The molecule has 0 saturated heterocycles. The van der Waals surface area contributed by atoms with Crippen molar-refractivity contribution in [2.45, 2.75) is 0 Å². The maximum absolute atomic E-state index is 11.7. The van der Waals surface area contributed by atoms with Crippen molar-refractivity contribution < 1.29 is 14.3 Å². The smallest absolute Gasteiger partial charge is 0.329 e. The summed E-state index contributed by atoms with van der Waals surface area (Å²) < 4.78 is 5.03. The number of carbonyl (C=O) groups excluding carboxylic acids is 2. The van der Waals surface area contributed by atoms with Crippen molar-refractivity contribution in [3.05, 3.63) is 59.1 Å². The quantitative estimate of drug-likeness (QED) is 0.513. The van der Waals surface area contributed by atoms with E-state index in [1.165, 1.54) is 6.21 Å². The molecule has 0 atom stereocenters. The lowest BCUT2D eigenvalue weighted by molar-refractivity contribution is -0.136. The van der Waals surface area contributed by atoms with Crippen LogP contribution in [0.2, 0.25) is 5.02 Å². The topological polar surface area (TPSA) is 79.8 Å². The Labute approximate surface area is 138 Å². The van der Waals surface area contributed by atoms with E-state index in [9.17, 15) is 9.59 Å². The number of hydrogen-bond acceptors (Lipinski definition) is 4. The largest absolute Gasteiger partial charge is 0.497 e. The minimum absolute atomic E-state index is 0.343. The fourth-order valence-corrected chi connectivity index (χ4v) is 1.83. The lowest BCUT2D eigenvalue weighted by Crippen LogP contribution is -2.32. The second kappa shape index (κ2) is 7.95. The summed E-state index contributed by atoms with van der Waals surface area (Å²) >= 11 is 5.90. The monoisotopic (exact) mass is 331 g/mol. The van der Waals surface area contributed by atoms with E-state index in [2.05, 4.69) is 15.8 Å². The average molecular weight is 332 g/mol. The molecule has 6 nitrogen and oxygen atoms in total. The molecule has 2 rings (SSSR count). The van der Waals surface area contributed by atoms with Crippen molar-refractivity contribution in [3.63, 3.8) is 0 Å². The Balaban J connectivity index is 1.89. The zero-order chi connectivity index (χ0) is 16.7. The number of methoxy groups -OCH3 is 1. The van der Waals surface area contributed by atoms with E-state index < -0.39 is 11.8 Å². The highest BCUT2D eigenvalue weighted by molar-refractivity contribution is 6.41. The molecule has 0 spiro atoms. The van der Waals surface area contributed by atoms with Crippen molar-refractivity contribution in [1.29, 1.82) is 0 Å². The summed E-state index contributed by atoms with van der Waals surface area (Å²) in [6, 6.07) is 13.7. The predicted molar refractivity (Wildman–Crippen MR) is 88.8 cm³/mol. The Kier molecular flexibility index (Phi) is 5.71. The Bertz CT molecular complexity index is 730. The highest BCUT2D eigenvalue weighted by Gasteiger charge is 2.13. The number of para-hydroxylation sites is 1. The summed E-state index contributed by atoms with van der Waals surface area (Å²) in [6.07, 6.45) is 1.42. The summed E-state index contributed by atoms with van der Waals surface area (Å²) in [5.74, 6) is -1.04. The third kappa shape index (κ3) is 4.82. The third-order valence-electron chi connectivity index (χ3n) is 2.82. The van der Waals surface area contributed by atoms with Gasteiger partial charge in [-0.25, -0.2) is 5.43 Å². The second-order valence-electron chi connectivity index (χ2n) is 4.41. The van der Waals surface area contributed by atoms with Crippen LogP contribution < -0.4 is 15.5 Å². The molecule has 0 aliphatic carbocycles. The molecular weight excluding hydrogens is 318 g/mol. The number of carbonyl (C=O) groups is 2. The van der Waals surface area contributed by atoms with Crippen LogP contribution in [0.1, 0.15) is 5.56 Å². The van der Waals surface area contributed by atoms with Crippen molar-refractivity contribution in [2.24, 2.45) is 5.10 Å². The number of hydrogen-bond donors (Lipinski definition) is 2. The highest BCUT2D eigenvalue weighted by Crippen LogP contribution is 2.20. The van der Waals surface area contributed by atoms with Crippen molar-refractivity contribution in [2.75, 3.05) is 12.4 Å². The molecule has 0 unspecified atom stereocenters. The van der Waals surface area contributed by atoms with Gasteiger partial charge in [-0.15, -0.1) is 0 Å². The van der Waals surface area contributed by atoms with Crippen LogP contribution in [0.15, 0.2) is 53.6 Å². The summed E-state index contributed by atoms with van der Waals surface area (Å²) in [5, 5.41) is 6.47. The van der Waals surface area contributed by atoms with Crippen LogP contribution in [-0.4, -0.2) is 25.1 Å². The molecule has 0 saturated carbocycles. The highest BCUT2D eigenvalue weighted by atomic mass is 35.5. The lowest BCUT2D eigenvalue weighted by atomic mass is 10.2. The molecule has 0 aliphatic rings. The first-order chi connectivity index (χ1) is 11.1. The number of anilines is 1. The Morgan fingerprint density at radius 2 is 1.78 bits per heavy atom. The number of amides is 2. The van der Waals surface area contributed by atoms with Crippen molar-refractivity contribution in [1.82, 2.24) is 5.43 Å². The Morgan fingerprint density at radius 3 is 2.43 bits per heavy atom. The molecular formula is C16H14ClN3O3. The van der Waals surface area contributed by atoms with Gasteiger partial charge in [0, 0.05) is 0 Å². The van der Waals surface area contributed by atoms with Crippen LogP contribution >= 0.6 is 11.6 Å². The van der Waals surface area contributed by atoms with Gasteiger partial charge in [0.1, 0.15) is 5.75 Å². The van der Waals surface area contributed by atoms with Gasteiger partial charge in [-0.2, -0.15) is 5.10 Å². The van der Waals surface area contributed by atoms with Crippen LogP contribution in [0.5, 0.6) is 5.75 Å². The fraction of sp³-hybridized carbons (Fsp3) is 0.0625. The fourth-order valence-electron chi connectivity index (χ4n) is 1.65. The van der Waals surface area contributed by atoms with E-state index in [4.69, 9.17) is 16.3 Å². The molecule has 0 aliphatic heterocycles. The van der Waals surface area contributed by atoms with Gasteiger partial charge in [0.15, 0.2) is 0 Å². The molecule has 118 valence electrons. The van der Waals surface area contributed by atoms with E-state index >= 15 is 0 Å². The van der Waals surface area contributed by atoms with E-state index in [1.54, 1.807) is 55.6 Å².